The lowest BCUT2D eigenvalue weighted by atomic mass is 10.1. The van der Waals surface area contributed by atoms with Gasteiger partial charge < -0.3 is 10.6 Å². The maximum Gasteiger partial charge on any atom is 0.0642 e. The summed E-state index contributed by atoms with van der Waals surface area (Å²) in [5.74, 6) is 0. The van der Waals surface area contributed by atoms with E-state index in [2.05, 4.69) is 35.8 Å². The zero-order valence-electron chi connectivity index (χ0n) is 11.2. The van der Waals surface area contributed by atoms with Gasteiger partial charge in [0.15, 0.2) is 0 Å². The van der Waals surface area contributed by atoms with Crippen LogP contribution in [0.3, 0.4) is 0 Å². The first-order valence-electron chi connectivity index (χ1n) is 6.59. The van der Waals surface area contributed by atoms with Crippen LogP contribution < -0.4 is 10.6 Å². The highest BCUT2D eigenvalue weighted by Crippen LogP contribution is 2.27. The number of nitrogens with two attached hydrogens (primary N) is 1. The average molecular weight is 268 g/mol. The van der Waals surface area contributed by atoms with E-state index in [4.69, 9.17) is 17.3 Å². The Bertz CT molecular complexity index is 398. The fraction of sp³-hybridized carbons (Fsp3) is 0.571. The Hall–Kier alpha value is -0.770. The molecule has 0 unspecified atom stereocenters. The van der Waals surface area contributed by atoms with E-state index in [0.717, 1.165) is 42.5 Å². The number of rotatable bonds is 3. The van der Waals surface area contributed by atoms with E-state index in [-0.39, 0.29) is 0 Å². The molecule has 100 valence electrons. The van der Waals surface area contributed by atoms with Gasteiger partial charge in [-0.3, -0.25) is 4.90 Å². The number of hydrogen-bond acceptors (Lipinski definition) is 3. The zero-order valence-corrected chi connectivity index (χ0v) is 12.0. The standard InChI is InChI=1S/C14H22ClN3/c1-11(2)17-5-7-18(8-6-17)14-4-3-12(10-16)9-13(14)15/h3-4,9,11H,5-8,10,16H2,1-2H3. The highest BCUT2D eigenvalue weighted by Gasteiger charge is 2.20. The van der Waals surface area contributed by atoms with Crippen molar-refractivity contribution < 1.29 is 0 Å². The van der Waals surface area contributed by atoms with Gasteiger partial charge in [-0.15, -0.1) is 0 Å². The Balaban J connectivity index is 2.05. The highest BCUT2D eigenvalue weighted by atomic mass is 35.5. The van der Waals surface area contributed by atoms with Crippen LogP contribution in [0.5, 0.6) is 0 Å². The molecule has 0 spiro atoms. The number of anilines is 1. The molecule has 1 aromatic rings. The van der Waals surface area contributed by atoms with Gasteiger partial charge in [-0.1, -0.05) is 17.7 Å². The molecule has 4 heteroatoms. The smallest absolute Gasteiger partial charge is 0.0642 e. The van der Waals surface area contributed by atoms with Crippen LogP contribution in [0.2, 0.25) is 5.02 Å². The van der Waals surface area contributed by atoms with E-state index in [1.165, 1.54) is 0 Å². The minimum Gasteiger partial charge on any atom is -0.368 e. The molecule has 1 heterocycles. The first-order chi connectivity index (χ1) is 8.61. The van der Waals surface area contributed by atoms with Crippen LogP contribution >= 0.6 is 11.6 Å². The summed E-state index contributed by atoms with van der Waals surface area (Å²) in [4.78, 5) is 4.86. The number of hydrogen-bond donors (Lipinski definition) is 1. The molecule has 0 radical (unpaired) electrons. The van der Waals surface area contributed by atoms with Gasteiger partial charge in [-0.2, -0.15) is 0 Å². The maximum absolute atomic E-state index is 6.33. The summed E-state index contributed by atoms with van der Waals surface area (Å²) in [6.45, 7) is 9.33. The van der Waals surface area contributed by atoms with Crippen molar-refractivity contribution in [3.63, 3.8) is 0 Å². The van der Waals surface area contributed by atoms with Crippen molar-refractivity contribution in [3.8, 4) is 0 Å². The Labute approximate surface area is 115 Å². The van der Waals surface area contributed by atoms with Crippen molar-refractivity contribution in [1.29, 1.82) is 0 Å². The molecule has 1 fully saturated rings. The van der Waals surface area contributed by atoms with Gasteiger partial charge in [-0.25, -0.2) is 0 Å². The Kier molecular flexibility index (Phi) is 4.49. The molecule has 0 aliphatic carbocycles. The third-order valence-corrected chi connectivity index (χ3v) is 3.94. The number of nitrogens with zero attached hydrogens (tertiary/aromatic N) is 2. The first-order valence-corrected chi connectivity index (χ1v) is 6.97. The van der Waals surface area contributed by atoms with Crippen LogP contribution in [0.25, 0.3) is 0 Å². The molecule has 0 amide bonds. The molecule has 2 N–H and O–H groups in total. The van der Waals surface area contributed by atoms with E-state index in [1.807, 2.05) is 6.07 Å². The van der Waals surface area contributed by atoms with Crippen LogP contribution in [0.15, 0.2) is 18.2 Å². The van der Waals surface area contributed by atoms with E-state index >= 15 is 0 Å². The lowest BCUT2D eigenvalue weighted by Gasteiger charge is -2.38. The van der Waals surface area contributed by atoms with Crippen molar-refractivity contribution in [3.05, 3.63) is 28.8 Å². The van der Waals surface area contributed by atoms with E-state index in [0.29, 0.717) is 12.6 Å². The monoisotopic (exact) mass is 267 g/mol. The summed E-state index contributed by atoms with van der Waals surface area (Å²) >= 11 is 6.33. The molecule has 0 bridgehead atoms. The first kappa shape index (κ1) is 13.7. The summed E-state index contributed by atoms with van der Waals surface area (Å²) < 4.78 is 0. The van der Waals surface area contributed by atoms with Crippen LogP contribution in [-0.2, 0) is 6.54 Å². The summed E-state index contributed by atoms with van der Waals surface area (Å²) in [6, 6.07) is 6.76. The highest BCUT2D eigenvalue weighted by molar-refractivity contribution is 6.33. The topological polar surface area (TPSA) is 32.5 Å². The van der Waals surface area contributed by atoms with E-state index in [9.17, 15) is 0 Å². The Morgan fingerprint density at radius 1 is 1.22 bits per heavy atom. The third-order valence-electron chi connectivity index (χ3n) is 3.63. The lowest BCUT2D eigenvalue weighted by molar-refractivity contribution is 0.209. The summed E-state index contributed by atoms with van der Waals surface area (Å²) in [6.07, 6.45) is 0. The fourth-order valence-electron chi connectivity index (χ4n) is 2.41. The van der Waals surface area contributed by atoms with Gasteiger partial charge in [0.05, 0.1) is 10.7 Å². The largest absolute Gasteiger partial charge is 0.368 e. The number of piperazine rings is 1. The van der Waals surface area contributed by atoms with Crippen LogP contribution in [0.1, 0.15) is 19.4 Å². The van der Waals surface area contributed by atoms with E-state index in [1.54, 1.807) is 0 Å². The summed E-state index contributed by atoms with van der Waals surface area (Å²) in [5, 5.41) is 0.816. The molecular formula is C14H22ClN3. The minimum atomic E-state index is 0.543. The second kappa shape index (κ2) is 5.91. The molecule has 0 saturated carbocycles. The molecule has 0 aromatic heterocycles. The number of halogens is 1. The molecule has 1 aromatic carbocycles. The number of benzene rings is 1. The lowest BCUT2D eigenvalue weighted by Crippen LogP contribution is -2.49. The second-order valence-electron chi connectivity index (χ2n) is 5.11. The minimum absolute atomic E-state index is 0.543. The molecule has 3 nitrogen and oxygen atoms in total. The van der Waals surface area contributed by atoms with Crippen molar-refractivity contribution in [2.75, 3.05) is 31.1 Å². The predicted molar refractivity (Wildman–Crippen MR) is 78.3 cm³/mol. The van der Waals surface area contributed by atoms with Crippen molar-refractivity contribution >= 4 is 17.3 Å². The molecular weight excluding hydrogens is 246 g/mol. The molecule has 1 saturated heterocycles. The van der Waals surface area contributed by atoms with Crippen molar-refractivity contribution in [1.82, 2.24) is 4.90 Å². The van der Waals surface area contributed by atoms with Gasteiger partial charge in [-0.05, 0) is 31.5 Å². The van der Waals surface area contributed by atoms with Gasteiger partial charge >= 0.3 is 0 Å². The second-order valence-corrected chi connectivity index (χ2v) is 5.51. The Morgan fingerprint density at radius 3 is 2.39 bits per heavy atom. The van der Waals surface area contributed by atoms with Crippen LogP contribution in [-0.4, -0.2) is 37.1 Å². The van der Waals surface area contributed by atoms with Crippen LogP contribution in [0, 0.1) is 0 Å². The molecule has 18 heavy (non-hydrogen) atoms. The summed E-state index contributed by atoms with van der Waals surface area (Å²) in [5.41, 5.74) is 7.84. The molecule has 1 aliphatic heterocycles. The third kappa shape index (κ3) is 2.97. The van der Waals surface area contributed by atoms with E-state index < -0.39 is 0 Å². The Morgan fingerprint density at radius 2 is 1.89 bits per heavy atom. The summed E-state index contributed by atoms with van der Waals surface area (Å²) in [7, 11) is 0. The molecule has 2 rings (SSSR count). The SMILES string of the molecule is CC(C)N1CCN(c2ccc(CN)cc2Cl)CC1. The quantitative estimate of drug-likeness (QED) is 0.912. The molecule has 0 atom stereocenters. The van der Waals surface area contributed by atoms with Gasteiger partial charge in [0, 0.05) is 38.8 Å². The maximum atomic E-state index is 6.33. The van der Waals surface area contributed by atoms with Gasteiger partial charge in [0.2, 0.25) is 0 Å². The van der Waals surface area contributed by atoms with Gasteiger partial charge in [0.1, 0.15) is 0 Å². The zero-order chi connectivity index (χ0) is 13.1. The van der Waals surface area contributed by atoms with Gasteiger partial charge in [0.25, 0.3) is 0 Å². The predicted octanol–water partition coefficient (Wildman–Crippen LogP) is 2.33. The fourth-order valence-corrected chi connectivity index (χ4v) is 2.74. The van der Waals surface area contributed by atoms with Crippen LogP contribution in [0.4, 0.5) is 5.69 Å². The molecule has 1 aliphatic rings. The van der Waals surface area contributed by atoms with Crippen molar-refractivity contribution in [2.45, 2.75) is 26.4 Å². The normalized spacial score (nSPS) is 17.5. The van der Waals surface area contributed by atoms with Crippen molar-refractivity contribution in [2.24, 2.45) is 5.73 Å². The average Bonchev–Trinajstić information content (AvgIpc) is 2.38.